The van der Waals surface area contributed by atoms with E-state index in [0.29, 0.717) is 46.8 Å². The van der Waals surface area contributed by atoms with Crippen LogP contribution in [0.5, 0.6) is 11.5 Å². The van der Waals surface area contributed by atoms with E-state index in [9.17, 15) is 4.79 Å². The minimum Gasteiger partial charge on any atom is -0.459 e. The predicted octanol–water partition coefficient (Wildman–Crippen LogP) is 3.28. The second kappa shape index (κ2) is 7.93. The molecule has 9 nitrogen and oxygen atoms in total. The number of ether oxygens (including phenoxy) is 4. The van der Waals surface area contributed by atoms with Crippen molar-refractivity contribution in [1.29, 1.82) is 0 Å². The lowest BCUT2D eigenvalue weighted by atomic mass is 10.2. The van der Waals surface area contributed by atoms with E-state index < -0.39 is 5.97 Å². The second-order valence-electron chi connectivity index (χ2n) is 8.15. The lowest BCUT2D eigenvalue weighted by Crippen LogP contribution is -2.18. The molecule has 0 saturated carbocycles. The van der Waals surface area contributed by atoms with Gasteiger partial charge in [-0.3, -0.25) is 0 Å². The third-order valence-corrected chi connectivity index (χ3v) is 6.00. The minimum absolute atomic E-state index is 0.0796. The van der Waals surface area contributed by atoms with Gasteiger partial charge < -0.3 is 29.2 Å². The summed E-state index contributed by atoms with van der Waals surface area (Å²) in [6, 6.07) is 13.2. The summed E-state index contributed by atoms with van der Waals surface area (Å²) in [6.07, 6.45) is 1.76. The molecule has 0 radical (unpaired) electrons. The number of benzene rings is 2. The van der Waals surface area contributed by atoms with Crippen LogP contribution in [0.4, 0.5) is 5.82 Å². The number of rotatable bonds is 5. The lowest BCUT2D eigenvalue weighted by Gasteiger charge is -2.11. The Bertz CT molecular complexity index is 1380. The standard InChI is InChI=1S/C24H22N4O5/c25-22-20(24(29)31-12-15-4-3-9-30-15)21-23(27-17-6-2-1-5-16(17)26-21)28(22)11-14-7-8-18-19(10-14)33-13-32-18/h1-2,5-8,10,15H,3-4,9,11-13,25H2/t15-/m0/s1. The van der Waals surface area contributed by atoms with Gasteiger partial charge in [0.2, 0.25) is 6.79 Å². The summed E-state index contributed by atoms with van der Waals surface area (Å²) < 4.78 is 23.8. The van der Waals surface area contributed by atoms with Gasteiger partial charge in [-0.2, -0.15) is 0 Å². The van der Waals surface area contributed by atoms with Crippen LogP contribution < -0.4 is 15.2 Å². The van der Waals surface area contributed by atoms with E-state index >= 15 is 0 Å². The minimum atomic E-state index is -0.526. The van der Waals surface area contributed by atoms with Gasteiger partial charge in [0.25, 0.3) is 0 Å². The van der Waals surface area contributed by atoms with Gasteiger partial charge in [0.05, 0.1) is 23.7 Å². The molecular formula is C24H22N4O5. The number of carbonyl (C=O) groups excluding carboxylic acids is 1. The molecule has 2 aliphatic heterocycles. The fraction of sp³-hybridized carbons (Fsp3) is 0.292. The number of hydrogen-bond acceptors (Lipinski definition) is 8. The summed E-state index contributed by atoms with van der Waals surface area (Å²) in [4.78, 5) is 22.6. The van der Waals surface area contributed by atoms with Gasteiger partial charge in [-0.05, 0) is 42.7 Å². The summed E-state index contributed by atoms with van der Waals surface area (Å²) in [5.41, 5.74) is 10.0. The van der Waals surface area contributed by atoms with Gasteiger partial charge >= 0.3 is 5.97 Å². The molecule has 0 amide bonds. The van der Waals surface area contributed by atoms with E-state index in [1.165, 1.54) is 0 Å². The van der Waals surface area contributed by atoms with Crippen molar-refractivity contribution in [2.24, 2.45) is 0 Å². The first-order valence-electron chi connectivity index (χ1n) is 10.9. The van der Waals surface area contributed by atoms with E-state index in [0.717, 1.165) is 18.4 Å². The molecule has 0 unspecified atom stereocenters. The number of nitrogens with two attached hydrogens (primary N) is 1. The highest BCUT2D eigenvalue weighted by Gasteiger charge is 2.27. The molecule has 0 aliphatic carbocycles. The van der Waals surface area contributed by atoms with Crippen molar-refractivity contribution in [3.05, 3.63) is 53.6 Å². The van der Waals surface area contributed by atoms with E-state index in [1.807, 2.05) is 42.5 Å². The van der Waals surface area contributed by atoms with Crippen molar-refractivity contribution < 1.29 is 23.7 Å². The quantitative estimate of drug-likeness (QED) is 0.465. The Labute approximate surface area is 189 Å². The Balaban J connectivity index is 1.43. The molecule has 2 aromatic carbocycles. The normalized spacial score (nSPS) is 17.2. The molecular weight excluding hydrogens is 424 g/mol. The van der Waals surface area contributed by atoms with E-state index in [2.05, 4.69) is 0 Å². The van der Waals surface area contributed by atoms with Gasteiger partial charge in [0, 0.05) is 6.61 Å². The molecule has 4 heterocycles. The highest BCUT2D eigenvalue weighted by atomic mass is 16.7. The molecule has 2 aromatic heterocycles. The molecule has 2 aliphatic rings. The maximum Gasteiger partial charge on any atom is 0.344 e. The molecule has 1 atom stereocenters. The van der Waals surface area contributed by atoms with Crippen LogP contribution in [0.2, 0.25) is 0 Å². The monoisotopic (exact) mass is 446 g/mol. The summed E-state index contributed by atoms with van der Waals surface area (Å²) in [5.74, 6) is 1.11. The number of fused-ring (bicyclic) bond motifs is 3. The number of nitrogen functional groups attached to an aromatic ring is 1. The first kappa shape index (κ1) is 19.8. The summed E-state index contributed by atoms with van der Waals surface area (Å²) in [5, 5.41) is 0. The lowest BCUT2D eigenvalue weighted by molar-refractivity contribution is 0.0163. The molecule has 33 heavy (non-hydrogen) atoms. The molecule has 6 rings (SSSR count). The highest BCUT2D eigenvalue weighted by molar-refractivity contribution is 6.08. The van der Waals surface area contributed by atoms with Crippen molar-refractivity contribution in [3.8, 4) is 11.5 Å². The molecule has 1 fully saturated rings. The summed E-state index contributed by atoms with van der Waals surface area (Å²) in [7, 11) is 0. The number of esters is 1. The van der Waals surface area contributed by atoms with E-state index in [1.54, 1.807) is 4.57 Å². The summed E-state index contributed by atoms with van der Waals surface area (Å²) >= 11 is 0. The maximum absolute atomic E-state index is 13.1. The van der Waals surface area contributed by atoms with Gasteiger partial charge in [0.15, 0.2) is 17.1 Å². The van der Waals surface area contributed by atoms with Crippen LogP contribution in [0.3, 0.4) is 0 Å². The molecule has 1 saturated heterocycles. The molecule has 4 aromatic rings. The van der Waals surface area contributed by atoms with Crippen LogP contribution >= 0.6 is 0 Å². The fourth-order valence-corrected chi connectivity index (χ4v) is 4.32. The number of hydrogen-bond donors (Lipinski definition) is 1. The molecule has 0 bridgehead atoms. The van der Waals surface area contributed by atoms with Crippen molar-refractivity contribution in [2.75, 3.05) is 25.7 Å². The Morgan fingerprint density at radius 1 is 1.12 bits per heavy atom. The van der Waals surface area contributed by atoms with Gasteiger partial charge in [-0.25, -0.2) is 14.8 Å². The van der Waals surface area contributed by atoms with Crippen molar-refractivity contribution >= 4 is 34.0 Å². The van der Waals surface area contributed by atoms with Crippen LogP contribution in [-0.2, 0) is 16.0 Å². The Hall–Kier alpha value is -3.85. The molecule has 0 spiro atoms. The van der Waals surface area contributed by atoms with Crippen LogP contribution in [0.15, 0.2) is 42.5 Å². The zero-order valence-electron chi connectivity index (χ0n) is 17.8. The SMILES string of the molecule is Nc1c(C(=O)OC[C@@H]2CCCO2)c2nc3ccccc3nc2n1Cc1ccc2c(c1)OCO2. The number of aromatic nitrogens is 3. The van der Waals surface area contributed by atoms with Crippen LogP contribution in [-0.4, -0.2) is 46.6 Å². The largest absolute Gasteiger partial charge is 0.459 e. The topological polar surface area (TPSA) is 111 Å². The van der Waals surface area contributed by atoms with Crippen LogP contribution in [0.1, 0.15) is 28.8 Å². The third kappa shape index (κ3) is 3.50. The number of anilines is 1. The second-order valence-corrected chi connectivity index (χ2v) is 8.15. The van der Waals surface area contributed by atoms with Crippen molar-refractivity contribution in [1.82, 2.24) is 14.5 Å². The Morgan fingerprint density at radius 2 is 1.94 bits per heavy atom. The first-order chi connectivity index (χ1) is 16.2. The average Bonchev–Trinajstić information content (AvgIpc) is 3.57. The van der Waals surface area contributed by atoms with Gasteiger partial charge in [-0.1, -0.05) is 18.2 Å². The maximum atomic E-state index is 13.1. The van der Waals surface area contributed by atoms with Crippen molar-refractivity contribution in [2.45, 2.75) is 25.5 Å². The third-order valence-electron chi connectivity index (χ3n) is 6.00. The van der Waals surface area contributed by atoms with Gasteiger partial charge in [-0.15, -0.1) is 0 Å². The fourth-order valence-electron chi connectivity index (χ4n) is 4.32. The first-order valence-corrected chi connectivity index (χ1v) is 10.9. The number of nitrogens with zero attached hydrogens (tertiary/aromatic N) is 3. The zero-order chi connectivity index (χ0) is 22.4. The highest BCUT2D eigenvalue weighted by Crippen LogP contribution is 2.34. The Kier molecular flexibility index (Phi) is 4.76. The Morgan fingerprint density at radius 3 is 2.76 bits per heavy atom. The zero-order valence-corrected chi connectivity index (χ0v) is 17.8. The number of carbonyl (C=O) groups is 1. The molecule has 168 valence electrons. The van der Waals surface area contributed by atoms with Gasteiger partial charge in [0.1, 0.15) is 23.5 Å². The van der Waals surface area contributed by atoms with Crippen LogP contribution in [0.25, 0.3) is 22.2 Å². The molecule has 9 heteroatoms. The number of para-hydroxylation sites is 2. The smallest absolute Gasteiger partial charge is 0.344 e. The van der Waals surface area contributed by atoms with Crippen LogP contribution in [0, 0.1) is 0 Å². The predicted molar refractivity (Wildman–Crippen MR) is 120 cm³/mol. The summed E-state index contributed by atoms with van der Waals surface area (Å²) in [6.45, 7) is 1.46. The average molecular weight is 446 g/mol. The van der Waals surface area contributed by atoms with E-state index in [-0.39, 0.29) is 30.9 Å². The van der Waals surface area contributed by atoms with Crippen molar-refractivity contribution in [3.63, 3.8) is 0 Å². The molecule has 2 N–H and O–H groups in total. The van der Waals surface area contributed by atoms with E-state index in [4.69, 9.17) is 34.6 Å².